The summed E-state index contributed by atoms with van der Waals surface area (Å²) in [4.78, 5) is 12.0. The van der Waals surface area contributed by atoms with Crippen LogP contribution in [0.4, 0.5) is 5.69 Å². The predicted octanol–water partition coefficient (Wildman–Crippen LogP) is 3.94. The van der Waals surface area contributed by atoms with Crippen molar-refractivity contribution in [3.05, 3.63) is 64.7 Å². The second-order valence-corrected chi connectivity index (χ2v) is 5.45. The van der Waals surface area contributed by atoms with Crippen LogP contribution in [0.1, 0.15) is 24.1 Å². The highest BCUT2D eigenvalue weighted by Gasteiger charge is 2.09. The number of hydrogen-bond acceptors (Lipinski definition) is 2. The van der Waals surface area contributed by atoms with E-state index < -0.39 is 0 Å². The predicted molar refractivity (Wildman–Crippen MR) is 87.7 cm³/mol. The first kappa shape index (κ1) is 15.4. The molecule has 0 saturated heterocycles. The van der Waals surface area contributed by atoms with Crippen LogP contribution in [0.5, 0.6) is 0 Å². The van der Waals surface area contributed by atoms with E-state index >= 15 is 0 Å². The number of hydrogen-bond donors (Lipinski definition) is 2. The quantitative estimate of drug-likeness (QED) is 0.878. The van der Waals surface area contributed by atoms with E-state index in [2.05, 4.69) is 10.6 Å². The number of anilines is 1. The number of rotatable bonds is 5. The summed E-state index contributed by atoms with van der Waals surface area (Å²) in [5.41, 5.74) is 3.03. The molecule has 4 heteroatoms. The van der Waals surface area contributed by atoms with Gasteiger partial charge in [-0.3, -0.25) is 4.79 Å². The van der Waals surface area contributed by atoms with Gasteiger partial charge in [-0.05, 0) is 43.2 Å². The van der Waals surface area contributed by atoms with Crippen molar-refractivity contribution in [2.24, 2.45) is 0 Å². The number of halogens is 1. The van der Waals surface area contributed by atoms with Crippen LogP contribution in [0.3, 0.4) is 0 Å². The maximum atomic E-state index is 12.0. The SMILES string of the molecule is Cc1cc(Cl)ccc1NCC(=O)NC(C)c1ccccc1. The van der Waals surface area contributed by atoms with E-state index in [4.69, 9.17) is 11.6 Å². The van der Waals surface area contributed by atoms with E-state index in [1.807, 2.05) is 56.3 Å². The second-order valence-electron chi connectivity index (χ2n) is 5.01. The Bertz CT molecular complexity index is 613. The number of nitrogens with one attached hydrogen (secondary N) is 2. The van der Waals surface area contributed by atoms with Gasteiger partial charge in [-0.15, -0.1) is 0 Å². The molecular weight excluding hydrogens is 284 g/mol. The van der Waals surface area contributed by atoms with Crippen molar-refractivity contribution >= 4 is 23.2 Å². The summed E-state index contributed by atoms with van der Waals surface area (Å²) in [6, 6.07) is 15.4. The molecule has 110 valence electrons. The van der Waals surface area contributed by atoms with Crippen LogP contribution < -0.4 is 10.6 Å². The molecular formula is C17H19ClN2O. The molecule has 0 aliphatic carbocycles. The summed E-state index contributed by atoms with van der Waals surface area (Å²) >= 11 is 5.91. The van der Waals surface area contributed by atoms with Crippen LogP contribution in [0, 0.1) is 6.92 Å². The molecule has 1 unspecified atom stereocenters. The summed E-state index contributed by atoms with van der Waals surface area (Å²) in [5.74, 6) is -0.0410. The Labute approximate surface area is 130 Å². The van der Waals surface area contributed by atoms with Crippen LogP contribution in [-0.2, 0) is 4.79 Å². The van der Waals surface area contributed by atoms with Crippen LogP contribution in [0.25, 0.3) is 0 Å². The van der Waals surface area contributed by atoms with Crippen molar-refractivity contribution in [2.75, 3.05) is 11.9 Å². The molecule has 0 aliphatic rings. The van der Waals surface area contributed by atoms with E-state index in [9.17, 15) is 4.79 Å². The third-order valence-electron chi connectivity index (χ3n) is 3.30. The lowest BCUT2D eigenvalue weighted by Gasteiger charge is -2.15. The van der Waals surface area contributed by atoms with E-state index in [0.717, 1.165) is 16.8 Å². The summed E-state index contributed by atoms with van der Waals surface area (Å²) in [7, 11) is 0. The van der Waals surface area contributed by atoms with Crippen LogP contribution in [0.15, 0.2) is 48.5 Å². The van der Waals surface area contributed by atoms with Crippen molar-refractivity contribution in [3.63, 3.8) is 0 Å². The summed E-state index contributed by atoms with van der Waals surface area (Å²) in [6.45, 7) is 4.17. The smallest absolute Gasteiger partial charge is 0.239 e. The molecule has 0 bridgehead atoms. The van der Waals surface area contributed by atoms with Gasteiger partial charge in [-0.25, -0.2) is 0 Å². The molecule has 0 aliphatic heterocycles. The Hall–Kier alpha value is -2.00. The average Bonchev–Trinajstić information content (AvgIpc) is 2.47. The second kappa shape index (κ2) is 7.14. The number of carbonyl (C=O) groups excluding carboxylic acids is 1. The Balaban J connectivity index is 1.87. The molecule has 21 heavy (non-hydrogen) atoms. The number of amides is 1. The largest absolute Gasteiger partial charge is 0.376 e. The Morgan fingerprint density at radius 3 is 2.57 bits per heavy atom. The number of carbonyl (C=O) groups is 1. The van der Waals surface area contributed by atoms with Gasteiger partial charge in [0.2, 0.25) is 5.91 Å². The molecule has 0 aromatic heterocycles. The highest BCUT2D eigenvalue weighted by Crippen LogP contribution is 2.19. The van der Waals surface area contributed by atoms with Crippen molar-refractivity contribution in [1.82, 2.24) is 5.32 Å². The molecule has 3 nitrogen and oxygen atoms in total. The summed E-state index contributed by atoms with van der Waals surface area (Å²) in [5, 5.41) is 6.79. The molecule has 0 radical (unpaired) electrons. The maximum Gasteiger partial charge on any atom is 0.239 e. The third kappa shape index (κ3) is 4.50. The lowest BCUT2D eigenvalue weighted by molar-refractivity contribution is -0.120. The van der Waals surface area contributed by atoms with Gasteiger partial charge in [-0.1, -0.05) is 41.9 Å². The fraction of sp³-hybridized carbons (Fsp3) is 0.235. The van der Waals surface area contributed by atoms with Gasteiger partial charge in [0.05, 0.1) is 12.6 Å². The van der Waals surface area contributed by atoms with Crippen molar-refractivity contribution in [2.45, 2.75) is 19.9 Å². The molecule has 2 N–H and O–H groups in total. The van der Waals surface area contributed by atoms with Crippen molar-refractivity contribution < 1.29 is 4.79 Å². The average molecular weight is 303 g/mol. The van der Waals surface area contributed by atoms with Gasteiger partial charge in [0, 0.05) is 10.7 Å². The fourth-order valence-corrected chi connectivity index (χ4v) is 2.35. The Morgan fingerprint density at radius 2 is 1.90 bits per heavy atom. The van der Waals surface area contributed by atoms with Gasteiger partial charge in [0.25, 0.3) is 0 Å². The van der Waals surface area contributed by atoms with E-state index in [1.165, 1.54) is 0 Å². The monoisotopic (exact) mass is 302 g/mol. The van der Waals surface area contributed by atoms with Crippen molar-refractivity contribution in [1.29, 1.82) is 0 Å². The minimum atomic E-state index is -0.0410. The molecule has 0 spiro atoms. The van der Waals surface area contributed by atoms with Gasteiger partial charge in [0.15, 0.2) is 0 Å². The first-order valence-corrected chi connectivity index (χ1v) is 7.28. The van der Waals surface area contributed by atoms with E-state index in [0.29, 0.717) is 5.02 Å². The Morgan fingerprint density at radius 1 is 1.19 bits per heavy atom. The molecule has 1 amide bonds. The van der Waals surface area contributed by atoms with E-state index in [1.54, 1.807) is 6.07 Å². The molecule has 0 heterocycles. The first-order chi connectivity index (χ1) is 10.1. The normalized spacial score (nSPS) is 11.8. The minimum absolute atomic E-state index is 0.00758. The van der Waals surface area contributed by atoms with Gasteiger partial charge in [0.1, 0.15) is 0 Å². The molecule has 2 aromatic rings. The lowest BCUT2D eigenvalue weighted by Crippen LogP contribution is -2.32. The molecule has 2 aromatic carbocycles. The topological polar surface area (TPSA) is 41.1 Å². The fourth-order valence-electron chi connectivity index (χ4n) is 2.12. The zero-order valence-electron chi connectivity index (χ0n) is 12.2. The van der Waals surface area contributed by atoms with Gasteiger partial charge in [-0.2, -0.15) is 0 Å². The third-order valence-corrected chi connectivity index (χ3v) is 3.54. The summed E-state index contributed by atoms with van der Waals surface area (Å²) < 4.78 is 0. The Kier molecular flexibility index (Phi) is 5.23. The maximum absolute atomic E-state index is 12.0. The van der Waals surface area contributed by atoms with Crippen LogP contribution in [0.2, 0.25) is 5.02 Å². The number of benzene rings is 2. The highest BCUT2D eigenvalue weighted by molar-refractivity contribution is 6.30. The van der Waals surface area contributed by atoms with Gasteiger partial charge >= 0.3 is 0 Å². The number of aryl methyl sites for hydroxylation is 1. The zero-order chi connectivity index (χ0) is 15.2. The lowest BCUT2D eigenvalue weighted by atomic mass is 10.1. The van der Waals surface area contributed by atoms with Gasteiger partial charge < -0.3 is 10.6 Å². The van der Waals surface area contributed by atoms with E-state index in [-0.39, 0.29) is 18.5 Å². The molecule has 0 fully saturated rings. The molecule has 1 atom stereocenters. The van der Waals surface area contributed by atoms with Crippen molar-refractivity contribution in [3.8, 4) is 0 Å². The van der Waals surface area contributed by atoms with Crippen LogP contribution >= 0.6 is 11.6 Å². The van der Waals surface area contributed by atoms with Crippen LogP contribution in [-0.4, -0.2) is 12.5 Å². The highest BCUT2D eigenvalue weighted by atomic mass is 35.5. The molecule has 0 saturated carbocycles. The zero-order valence-corrected chi connectivity index (χ0v) is 12.9. The minimum Gasteiger partial charge on any atom is -0.376 e. The molecule has 2 rings (SSSR count). The summed E-state index contributed by atoms with van der Waals surface area (Å²) in [6.07, 6.45) is 0. The first-order valence-electron chi connectivity index (χ1n) is 6.90. The standard InChI is InChI=1S/C17H19ClN2O/c1-12-10-15(18)8-9-16(12)19-11-17(21)20-13(2)14-6-4-3-5-7-14/h3-10,13,19H,11H2,1-2H3,(H,20,21).